The van der Waals surface area contributed by atoms with Crippen LogP contribution in [0.4, 0.5) is 5.13 Å². The van der Waals surface area contributed by atoms with E-state index in [2.05, 4.69) is 10.3 Å². The van der Waals surface area contributed by atoms with Crippen molar-refractivity contribution in [2.24, 2.45) is 0 Å². The highest BCUT2D eigenvalue weighted by atomic mass is 32.1. The molecule has 0 aliphatic rings. The fraction of sp³-hybridized carbons (Fsp3) is 0.222. The van der Waals surface area contributed by atoms with Gasteiger partial charge in [-0.25, -0.2) is 4.98 Å². The molecule has 0 bridgehead atoms. The summed E-state index contributed by atoms with van der Waals surface area (Å²) in [6, 6.07) is 13.2. The van der Waals surface area contributed by atoms with Crippen molar-refractivity contribution in [3.63, 3.8) is 0 Å². The first-order valence-corrected chi connectivity index (χ1v) is 8.35. The van der Waals surface area contributed by atoms with Crippen molar-refractivity contribution in [2.75, 3.05) is 12.4 Å². The fourth-order valence-electron chi connectivity index (χ4n) is 2.24. The molecule has 24 heavy (non-hydrogen) atoms. The summed E-state index contributed by atoms with van der Waals surface area (Å²) in [5.74, 6) is 1.20. The summed E-state index contributed by atoms with van der Waals surface area (Å²) in [6.07, 6.45) is -0.617. The molecule has 3 aromatic rings. The number of methoxy groups -OCH3 is 1. The number of ether oxygens (including phenoxy) is 2. The number of hydrogen-bond donors (Lipinski definition) is 1. The average Bonchev–Trinajstić information content (AvgIpc) is 2.95. The molecule has 2 aromatic carbocycles. The molecule has 124 valence electrons. The van der Waals surface area contributed by atoms with E-state index in [0.29, 0.717) is 10.9 Å². The minimum Gasteiger partial charge on any atom is -0.497 e. The summed E-state index contributed by atoms with van der Waals surface area (Å²) in [5.41, 5.74) is 1.91. The molecule has 3 rings (SSSR count). The van der Waals surface area contributed by atoms with Crippen molar-refractivity contribution in [2.45, 2.75) is 20.0 Å². The minimum absolute atomic E-state index is 0.234. The van der Waals surface area contributed by atoms with Gasteiger partial charge in [-0.05, 0) is 49.7 Å². The lowest BCUT2D eigenvalue weighted by Gasteiger charge is -2.13. The van der Waals surface area contributed by atoms with Gasteiger partial charge in [0, 0.05) is 0 Å². The fourth-order valence-corrected chi connectivity index (χ4v) is 3.14. The highest BCUT2D eigenvalue weighted by molar-refractivity contribution is 7.22. The van der Waals surface area contributed by atoms with Gasteiger partial charge in [0.2, 0.25) is 0 Å². The molecule has 1 atom stereocenters. The van der Waals surface area contributed by atoms with Gasteiger partial charge < -0.3 is 9.47 Å². The number of nitrogens with one attached hydrogen (secondary N) is 1. The first-order valence-electron chi connectivity index (χ1n) is 7.54. The van der Waals surface area contributed by atoms with Crippen LogP contribution in [0, 0.1) is 6.92 Å². The Morgan fingerprint density at radius 2 is 2.04 bits per heavy atom. The van der Waals surface area contributed by atoms with Crippen LogP contribution in [0.15, 0.2) is 42.5 Å². The maximum Gasteiger partial charge on any atom is 0.266 e. The Kier molecular flexibility index (Phi) is 4.66. The van der Waals surface area contributed by atoms with E-state index in [9.17, 15) is 4.79 Å². The van der Waals surface area contributed by atoms with Gasteiger partial charge in [-0.3, -0.25) is 10.1 Å². The summed E-state index contributed by atoms with van der Waals surface area (Å²) in [4.78, 5) is 16.7. The third-order valence-corrected chi connectivity index (χ3v) is 4.43. The molecule has 0 unspecified atom stereocenters. The molecule has 0 aliphatic carbocycles. The van der Waals surface area contributed by atoms with Crippen LogP contribution in [0.2, 0.25) is 0 Å². The Hall–Kier alpha value is -2.60. The number of thiazole rings is 1. The Morgan fingerprint density at radius 1 is 1.21 bits per heavy atom. The smallest absolute Gasteiger partial charge is 0.266 e. The van der Waals surface area contributed by atoms with Crippen molar-refractivity contribution < 1.29 is 14.3 Å². The molecule has 1 amide bonds. The van der Waals surface area contributed by atoms with E-state index in [1.54, 1.807) is 14.0 Å². The van der Waals surface area contributed by atoms with Crippen LogP contribution in [0.1, 0.15) is 12.5 Å². The zero-order valence-corrected chi connectivity index (χ0v) is 14.5. The molecule has 1 N–H and O–H groups in total. The standard InChI is InChI=1S/C18H18N2O3S/c1-11-5-4-6-14(9-11)23-12(2)17(21)20-18-19-15-8-7-13(22-3)10-16(15)24-18/h4-10,12H,1-3H3,(H,19,20,21)/t12-/m0/s1. The molecule has 0 saturated carbocycles. The molecule has 0 radical (unpaired) electrons. The second-order valence-electron chi connectivity index (χ2n) is 5.42. The highest BCUT2D eigenvalue weighted by Gasteiger charge is 2.17. The zero-order valence-electron chi connectivity index (χ0n) is 13.7. The predicted molar refractivity (Wildman–Crippen MR) is 96.1 cm³/mol. The van der Waals surface area contributed by atoms with Crippen molar-refractivity contribution in [3.05, 3.63) is 48.0 Å². The van der Waals surface area contributed by atoms with E-state index in [0.717, 1.165) is 21.5 Å². The number of carbonyl (C=O) groups is 1. The van der Waals surface area contributed by atoms with Gasteiger partial charge >= 0.3 is 0 Å². The molecule has 0 spiro atoms. The molecular weight excluding hydrogens is 324 g/mol. The zero-order chi connectivity index (χ0) is 17.1. The molecule has 1 heterocycles. The molecule has 0 fully saturated rings. The van der Waals surface area contributed by atoms with Crippen LogP contribution >= 0.6 is 11.3 Å². The maximum atomic E-state index is 12.3. The molecule has 0 aliphatic heterocycles. The quantitative estimate of drug-likeness (QED) is 0.761. The lowest BCUT2D eigenvalue weighted by atomic mass is 10.2. The van der Waals surface area contributed by atoms with Crippen LogP contribution in [-0.4, -0.2) is 24.1 Å². The van der Waals surface area contributed by atoms with Crippen LogP contribution in [0.5, 0.6) is 11.5 Å². The number of carbonyl (C=O) groups excluding carboxylic acids is 1. The van der Waals surface area contributed by atoms with E-state index >= 15 is 0 Å². The number of aryl methyl sites for hydroxylation is 1. The number of benzene rings is 2. The van der Waals surface area contributed by atoms with Gasteiger partial charge in [0.25, 0.3) is 5.91 Å². The number of nitrogens with zero attached hydrogens (tertiary/aromatic N) is 1. The highest BCUT2D eigenvalue weighted by Crippen LogP contribution is 2.29. The van der Waals surface area contributed by atoms with E-state index < -0.39 is 6.10 Å². The van der Waals surface area contributed by atoms with E-state index in [-0.39, 0.29) is 5.91 Å². The number of amides is 1. The van der Waals surface area contributed by atoms with Gasteiger partial charge in [-0.1, -0.05) is 23.5 Å². The second kappa shape index (κ2) is 6.88. The summed E-state index contributed by atoms with van der Waals surface area (Å²) < 4.78 is 11.8. The first-order chi connectivity index (χ1) is 11.5. The van der Waals surface area contributed by atoms with Gasteiger partial charge in [0.05, 0.1) is 17.3 Å². The average molecular weight is 342 g/mol. The van der Waals surface area contributed by atoms with Crippen LogP contribution in [0.25, 0.3) is 10.2 Å². The van der Waals surface area contributed by atoms with Crippen LogP contribution in [-0.2, 0) is 4.79 Å². The second-order valence-corrected chi connectivity index (χ2v) is 6.45. The number of anilines is 1. The predicted octanol–water partition coefficient (Wildman–Crippen LogP) is 4.02. The number of rotatable bonds is 5. The molecule has 6 heteroatoms. The first kappa shape index (κ1) is 16.3. The third kappa shape index (κ3) is 3.65. The largest absolute Gasteiger partial charge is 0.497 e. The third-order valence-electron chi connectivity index (χ3n) is 3.50. The molecule has 0 saturated heterocycles. The lowest BCUT2D eigenvalue weighted by molar-refractivity contribution is -0.122. The van der Waals surface area contributed by atoms with Crippen LogP contribution in [0.3, 0.4) is 0 Å². The topological polar surface area (TPSA) is 60.5 Å². The summed E-state index contributed by atoms with van der Waals surface area (Å²) in [7, 11) is 1.62. The van der Waals surface area contributed by atoms with Gasteiger partial charge in [0.1, 0.15) is 11.5 Å². The SMILES string of the molecule is COc1ccc2nc(NC(=O)[C@H](C)Oc3cccc(C)c3)sc2c1. The van der Waals surface area contributed by atoms with E-state index in [1.807, 2.05) is 49.4 Å². The lowest BCUT2D eigenvalue weighted by Crippen LogP contribution is -2.30. The Labute approximate surface area is 144 Å². The van der Waals surface area contributed by atoms with Crippen molar-refractivity contribution >= 4 is 32.6 Å². The van der Waals surface area contributed by atoms with E-state index in [1.165, 1.54) is 11.3 Å². The molecular formula is C18H18N2O3S. The van der Waals surface area contributed by atoms with Crippen molar-refractivity contribution in [1.29, 1.82) is 0 Å². The van der Waals surface area contributed by atoms with Crippen molar-refractivity contribution in [1.82, 2.24) is 4.98 Å². The number of aromatic nitrogens is 1. The van der Waals surface area contributed by atoms with Crippen LogP contribution < -0.4 is 14.8 Å². The van der Waals surface area contributed by atoms with Gasteiger partial charge in [-0.2, -0.15) is 0 Å². The van der Waals surface area contributed by atoms with Gasteiger partial charge in [-0.15, -0.1) is 0 Å². The van der Waals surface area contributed by atoms with E-state index in [4.69, 9.17) is 9.47 Å². The summed E-state index contributed by atoms with van der Waals surface area (Å²) in [5, 5.41) is 3.35. The maximum absolute atomic E-state index is 12.3. The Bertz CT molecular complexity index is 876. The summed E-state index contributed by atoms with van der Waals surface area (Å²) in [6.45, 7) is 3.70. The Morgan fingerprint density at radius 3 is 2.79 bits per heavy atom. The number of fused-ring (bicyclic) bond motifs is 1. The normalized spacial score (nSPS) is 12.0. The summed E-state index contributed by atoms with van der Waals surface area (Å²) >= 11 is 1.40. The van der Waals surface area contributed by atoms with Crippen molar-refractivity contribution in [3.8, 4) is 11.5 Å². The Balaban J connectivity index is 1.69. The molecule has 5 nitrogen and oxygen atoms in total. The minimum atomic E-state index is -0.617. The molecule has 1 aromatic heterocycles. The monoisotopic (exact) mass is 342 g/mol. The van der Waals surface area contributed by atoms with Gasteiger partial charge in [0.15, 0.2) is 11.2 Å². The number of hydrogen-bond acceptors (Lipinski definition) is 5.